The minimum atomic E-state index is -0.694. The number of aliphatic hydroxyl groups excluding tert-OH is 1. The van der Waals surface area contributed by atoms with Crippen molar-refractivity contribution in [2.24, 2.45) is 0 Å². The lowest BCUT2D eigenvalue weighted by Crippen LogP contribution is -2.03. The lowest BCUT2D eigenvalue weighted by molar-refractivity contribution is 0.178. The van der Waals surface area contributed by atoms with Gasteiger partial charge in [-0.05, 0) is 35.7 Å². The van der Waals surface area contributed by atoms with E-state index in [1.165, 1.54) is 12.1 Å². The number of aryl methyl sites for hydroxylation is 1. The summed E-state index contributed by atoms with van der Waals surface area (Å²) < 4.78 is 12.9. The molecule has 0 saturated carbocycles. The first-order chi connectivity index (χ1) is 8.56. The van der Waals surface area contributed by atoms with Crippen molar-refractivity contribution in [3.63, 3.8) is 0 Å². The van der Waals surface area contributed by atoms with E-state index in [0.29, 0.717) is 17.0 Å². The second-order valence-corrected chi connectivity index (χ2v) is 4.66. The van der Waals surface area contributed by atoms with Gasteiger partial charge in [0.1, 0.15) is 5.82 Å². The highest BCUT2D eigenvalue weighted by molar-refractivity contribution is 6.31. The summed E-state index contributed by atoms with van der Waals surface area (Å²) in [7, 11) is 0. The van der Waals surface area contributed by atoms with E-state index in [1.54, 1.807) is 18.5 Å². The second kappa shape index (κ2) is 5.46. The monoisotopic (exact) mass is 265 g/mol. The molecule has 2 aromatic rings. The number of benzene rings is 1. The SMILES string of the molecule is Cc1cncc(C(O)Cc2ccc(F)cc2Cl)c1. The molecule has 4 heteroatoms. The number of rotatable bonds is 3. The predicted molar refractivity (Wildman–Crippen MR) is 69.0 cm³/mol. The molecule has 0 aliphatic rings. The van der Waals surface area contributed by atoms with Gasteiger partial charge in [-0.1, -0.05) is 23.7 Å². The van der Waals surface area contributed by atoms with Crippen molar-refractivity contribution >= 4 is 11.6 Å². The van der Waals surface area contributed by atoms with E-state index >= 15 is 0 Å². The minimum absolute atomic E-state index is 0.328. The fourth-order valence-electron chi connectivity index (χ4n) is 1.77. The molecule has 1 aromatic heterocycles. The van der Waals surface area contributed by atoms with Crippen molar-refractivity contribution in [3.8, 4) is 0 Å². The maximum absolute atomic E-state index is 12.9. The Hall–Kier alpha value is -1.45. The van der Waals surface area contributed by atoms with Crippen LogP contribution in [0.3, 0.4) is 0 Å². The molecule has 2 nitrogen and oxygen atoms in total. The van der Waals surface area contributed by atoms with Gasteiger partial charge in [-0.15, -0.1) is 0 Å². The van der Waals surface area contributed by atoms with E-state index in [0.717, 1.165) is 11.1 Å². The fourth-order valence-corrected chi connectivity index (χ4v) is 2.02. The van der Waals surface area contributed by atoms with Crippen LogP contribution in [0.2, 0.25) is 5.02 Å². The van der Waals surface area contributed by atoms with E-state index in [-0.39, 0.29) is 5.82 Å². The number of hydrogen-bond acceptors (Lipinski definition) is 2. The van der Waals surface area contributed by atoms with Crippen LogP contribution in [-0.2, 0) is 6.42 Å². The zero-order valence-corrected chi connectivity index (χ0v) is 10.7. The zero-order chi connectivity index (χ0) is 13.1. The molecule has 1 aromatic carbocycles. The maximum Gasteiger partial charge on any atom is 0.124 e. The van der Waals surface area contributed by atoms with Gasteiger partial charge in [0.2, 0.25) is 0 Å². The van der Waals surface area contributed by atoms with Crippen molar-refractivity contribution in [2.75, 3.05) is 0 Å². The van der Waals surface area contributed by atoms with Gasteiger partial charge in [-0.25, -0.2) is 4.39 Å². The molecule has 18 heavy (non-hydrogen) atoms. The molecule has 1 N–H and O–H groups in total. The summed E-state index contributed by atoms with van der Waals surface area (Å²) in [5.41, 5.74) is 2.43. The highest BCUT2D eigenvalue weighted by Gasteiger charge is 2.12. The van der Waals surface area contributed by atoms with Gasteiger partial charge >= 0.3 is 0 Å². The average molecular weight is 266 g/mol. The molecular formula is C14H13ClFNO. The van der Waals surface area contributed by atoms with Crippen molar-refractivity contribution in [2.45, 2.75) is 19.4 Å². The molecule has 0 saturated heterocycles. The number of aromatic nitrogens is 1. The Kier molecular flexibility index (Phi) is 3.94. The number of halogens is 2. The molecule has 94 valence electrons. The normalized spacial score (nSPS) is 12.4. The van der Waals surface area contributed by atoms with Gasteiger partial charge in [0.25, 0.3) is 0 Å². The Bertz CT molecular complexity index is 559. The third-order valence-electron chi connectivity index (χ3n) is 2.71. The average Bonchev–Trinajstić information content (AvgIpc) is 2.32. The van der Waals surface area contributed by atoms with Crippen LogP contribution in [0.15, 0.2) is 36.7 Å². The third-order valence-corrected chi connectivity index (χ3v) is 3.06. The van der Waals surface area contributed by atoms with Crippen molar-refractivity contribution in [1.29, 1.82) is 0 Å². The van der Waals surface area contributed by atoms with Crippen molar-refractivity contribution < 1.29 is 9.50 Å². The topological polar surface area (TPSA) is 33.1 Å². The largest absolute Gasteiger partial charge is 0.388 e. The first kappa shape index (κ1) is 13.0. The molecule has 1 atom stereocenters. The lowest BCUT2D eigenvalue weighted by atomic mass is 10.0. The van der Waals surface area contributed by atoms with E-state index in [2.05, 4.69) is 4.98 Å². The number of aliphatic hydroxyl groups is 1. The quantitative estimate of drug-likeness (QED) is 0.922. The van der Waals surface area contributed by atoms with E-state index in [4.69, 9.17) is 11.6 Å². The Labute approximate surface area is 110 Å². The minimum Gasteiger partial charge on any atom is -0.388 e. The van der Waals surface area contributed by atoms with Gasteiger partial charge in [-0.3, -0.25) is 4.98 Å². The predicted octanol–water partition coefficient (Wildman–Crippen LogP) is 3.46. The number of hydrogen-bond donors (Lipinski definition) is 1. The third kappa shape index (κ3) is 3.06. The van der Waals surface area contributed by atoms with E-state index in [9.17, 15) is 9.50 Å². The highest BCUT2D eigenvalue weighted by Crippen LogP contribution is 2.24. The maximum atomic E-state index is 12.9. The Morgan fingerprint density at radius 1 is 1.33 bits per heavy atom. The lowest BCUT2D eigenvalue weighted by Gasteiger charge is -2.12. The number of pyridine rings is 1. The molecule has 0 spiro atoms. The van der Waals surface area contributed by atoms with Gasteiger partial charge in [0, 0.05) is 23.8 Å². The van der Waals surface area contributed by atoms with Crippen molar-refractivity contribution in [1.82, 2.24) is 4.98 Å². The molecule has 0 aliphatic carbocycles. The van der Waals surface area contributed by atoms with Gasteiger partial charge < -0.3 is 5.11 Å². The molecule has 0 aliphatic heterocycles. The van der Waals surface area contributed by atoms with Crippen LogP contribution in [0.25, 0.3) is 0 Å². The summed E-state index contributed by atoms with van der Waals surface area (Å²) >= 11 is 5.93. The Morgan fingerprint density at radius 3 is 2.78 bits per heavy atom. The standard InChI is InChI=1S/C14H13ClFNO/c1-9-4-11(8-17-7-9)14(18)5-10-2-3-12(16)6-13(10)15/h2-4,6-8,14,18H,5H2,1H3. The molecule has 1 heterocycles. The van der Waals surface area contributed by atoms with Crippen LogP contribution in [-0.4, -0.2) is 10.1 Å². The fraction of sp³-hybridized carbons (Fsp3) is 0.214. The summed E-state index contributed by atoms with van der Waals surface area (Å²) in [6.45, 7) is 1.91. The molecule has 1 unspecified atom stereocenters. The summed E-state index contributed by atoms with van der Waals surface area (Å²) in [5, 5.41) is 10.4. The Balaban J connectivity index is 2.18. The van der Waals surface area contributed by atoms with Crippen LogP contribution in [0.5, 0.6) is 0 Å². The summed E-state index contributed by atoms with van der Waals surface area (Å²) in [5.74, 6) is -0.379. The van der Waals surface area contributed by atoms with Crippen LogP contribution in [0.4, 0.5) is 4.39 Å². The molecule has 0 radical (unpaired) electrons. The molecular weight excluding hydrogens is 253 g/mol. The molecule has 2 rings (SSSR count). The number of nitrogens with zero attached hydrogens (tertiary/aromatic N) is 1. The second-order valence-electron chi connectivity index (χ2n) is 4.25. The zero-order valence-electron chi connectivity index (χ0n) is 9.90. The summed E-state index contributed by atoms with van der Waals surface area (Å²) in [6, 6.07) is 6.04. The Morgan fingerprint density at radius 2 is 2.11 bits per heavy atom. The first-order valence-electron chi connectivity index (χ1n) is 5.60. The van der Waals surface area contributed by atoms with Gasteiger partial charge in [0.05, 0.1) is 6.10 Å². The van der Waals surface area contributed by atoms with Crippen LogP contribution < -0.4 is 0 Å². The first-order valence-corrected chi connectivity index (χ1v) is 5.97. The van der Waals surface area contributed by atoms with Crippen LogP contribution >= 0.6 is 11.6 Å². The van der Waals surface area contributed by atoms with Crippen molar-refractivity contribution in [3.05, 3.63) is 64.2 Å². The van der Waals surface area contributed by atoms with E-state index < -0.39 is 6.10 Å². The smallest absolute Gasteiger partial charge is 0.124 e. The summed E-state index contributed by atoms with van der Waals surface area (Å²) in [4.78, 5) is 4.03. The van der Waals surface area contributed by atoms with Crippen LogP contribution in [0, 0.1) is 12.7 Å². The van der Waals surface area contributed by atoms with Crippen LogP contribution in [0.1, 0.15) is 22.8 Å². The highest BCUT2D eigenvalue weighted by atomic mass is 35.5. The van der Waals surface area contributed by atoms with Gasteiger partial charge in [0.15, 0.2) is 0 Å². The molecule has 0 amide bonds. The summed E-state index contributed by atoms with van der Waals surface area (Å²) in [6.07, 6.45) is 2.99. The van der Waals surface area contributed by atoms with E-state index in [1.807, 2.05) is 13.0 Å². The molecule has 0 bridgehead atoms. The molecule has 0 fully saturated rings. The van der Waals surface area contributed by atoms with Gasteiger partial charge in [-0.2, -0.15) is 0 Å².